The number of hydrogen-bond acceptors (Lipinski definition) is 3. The summed E-state index contributed by atoms with van der Waals surface area (Å²) in [5.74, 6) is -0.946. The Morgan fingerprint density at radius 1 is 1.13 bits per heavy atom. The van der Waals surface area contributed by atoms with Gasteiger partial charge in [0.1, 0.15) is 0 Å². The van der Waals surface area contributed by atoms with Crippen molar-refractivity contribution < 1.29 is 14.7 Å². The first-order valence-electron chi connectivity index (χ1n) is 8.17. The molecule has 23 heavy (non-hydrogen) atoms. The van der Waals surface area contributed by atoms with Crippen LogP contribution in [0.5, 0.6) is 0 Å². The molecule has 0 bridgehead atoms. The number of amides is 1. The van der Waals surface area contributed by atoms with E-state index in [-0.39, 0.29) is 18.4 Å². The van der Waals surface area contributed by atoms with Crippen LogP contribution in [0.25, 0.3) is 0 Å². The van der Waals surface area contributed by atoms with Crippen molar-refractivity contribution in [1.29, 1.82) is 0 Å². The SMILES string of the molecule is CN(C)CC(CC(=O)O)NC(=O)CCCCCc1ccccc1. The zero-order valence-corrected chi connectivity index (χ0v) is 14.1. The van der Waals surface area contributed by atoms with Crippen molar-refractivity contribution in [2.75, 3.05) is 20.6 Å². The van der Waals surface area contributed by atoms with E-state index in [1.807, 2.05) is 37.2 Å². The van der Waals surface area contributed by atoms with Crippen molar-refractivity contribution in [3.05, 3.63) is 35.9 Å². The minimum Gasteiger partial charge on any atom is -0.481 e. The molecule has 1 atom stereocenters. The van der Waals surface area contributed by atoms with Crippen LogP contribution in [-0.2, 0) is 16.0 Å². The Kier molecular flexibility index (Phi) is 8.98. The first kappa shape index (κ1) is 19.2. The molecule has 5 heteroatoms. The van der Waals surface area contributed by atoms with Crippen molar-refractivity contribution in [2.45, 2.75) is 44.6 Å². The summed E-state index contributed by atoms with van der Waals surface area (Å²) in [6, 6.07) is 9.98. The number of nitrogens with zero attached hydrogens (tertiary/aromatic N) is 1. The van der Waals surface area contributed by atoms with E-state index < -0.39 is 5.97 Å². The average Bonchev–Trinajstić information content (AvgIpc) is 2.46. The standard InChI is InChI=1S/C18H28N2O3/c1-20(2)14-16(13-18(22)23)19-17(21)12-8-4-7-11-15-9-5-3-6-10-15/h3,5-6,9-10,16H,4,7-8,11-14H2,1-2H3,(H,19,21)(H,22,23). The minimum atomic E-state index is -0.889. The molecule has 0 spiro atoms. The number of likely N-dealkylation sites (N-methyl/N-ethyl adjacent to an activating group) is 1. The molecule has 1 amide bonds. The van der Waals surface area contributed by atoms with Gasteiger partial charge in [-0.15, -0.1) is 0 Å². The van der Waals surface area contributed by atoms with Crippen LogP contribution in [0.4, 0.5) is 0 Å². The Balaban J connectivity index is 2.20. The van der Waals surface area contributed by atoms with Gasteiger partial charge in [0.15, 0.2) is 0 Å². The topological polar surface area (TPSA) is 69.6 Å². The maximum atomic E-state index is 11.9. The lowest BCUT2D eigenvalue weighted by Crippen LogP contribution is -2.42. The first-order chi connectivity index (χ1) is 11.0. The van der Waals surface area contributed by atoms with Gasteiger partial charge in [-0.25, -0.2) is 0 Å². The first-order valence-corrected chi connectivity index (χ1v) is 8.17. The van der Waals surface area contributed by atoms with Crippen LogP contribution in [0.1, 0.15) is 37.7 Å². The van der Waals surface area contributed by atoms with E-state index in [2.05, 4.69) is 17.4 Å². The summed E-state index contributed by atoms with van der Waals surface area (Å²) in [6.45, 7) is 0.534. The highest BCUT2D eigenvalue weighted by atomic mass is 16.4. The summed E-state index contributed by atoms with van der Waals surface area (Å²) in [5.41, 5.74) is 1.32. The smallest absolute Gasteiger partial charge is 0.305 e. The summed E-state index contributed by atoms with van der Waals surface area (Å²) in [5, 5.41) is 11.7. The maximum absolute atomic E-state index is 11.9. The zero-order valence-electron chi connectivity index (χ0n) is 14.1. The Morgan fingerprint density at radius 2 is 1.83 bits per heavy atom. The van der Waals surface area contributed by atoms with E-state index in [0.29, 0.717) is 13.0 Å². The summed E-state index contributed by atoms with van der Waals surface area (Å²) in [7, 11) is 3.73. The van der Waals surface area contributed by atoms with Crippen LogP contribution >= 0.6 is 0 Å². The molecule has 0 heterocycles. The predicted molar refractivity (Wildman–Crippen MR) is 91.4 cm³/mol. The number of carboxylic acids is 1. The number of benzene rings is 1. The minimum absolute atomic E-state index is 0.0437. The number of nitrogens with one attached hydrogen (secondary N) is 1. The van der Waals surface area contributed by atoms with E-state index in [1.54, 1.807) is 0 Å². The molecular weight excluding hydrogens is 292 g/mol. The molecule has 1 rings (SSSR count). The number of rotatable bonds is 11. The van der Waals surface area contributed by atoms with Crippen LogP contribution < -0.4 is 5.32 Å². The average molecular weight is 320 g/mol. The number of aryl methyl sites for hydroxylation is 1. The number of carbonyl (C=O) groups excluding carboxylic acids is 1. The zero-order chi connectivity index (χ0) is 17.1. The van der Waals surface area contributed by atoms with Gasteiger partial charge in [-0.1, -0.05) is 36.8 Å². The lowest BCUT2D eigenvalue weighted by atomic mass is 10.1. The third kappa shape index (κ3) is 9.68. The second kappa shape index (κ2) is 10.8. The highest BCUT2D eigenvalue weighted by Gasteiger charge is 2.16. The molecule has 1 aromatic carbocycles. The van der Waals surface area contributed by atoms with Gasteiger partial charge < -0.3 is 15.3 Å². The largest absolute Gasteiger partial charge is 0.481 e. The Morgan fingerprint density at radius 3 is 2.43 bits per heavy atom. The summed E-state index contributed by atoms with van der Waals surface area (Å²) < 4.78 is 0. The molecule has 0 aliphatic carbocycles. The quantitative estimate of drug-likeness (QED) is 0.614. The monoisotopic (exact) mass is 320 g/mol. The third-order valence-corrected chi connectivity index (χ3v) is 3.58. The highest BCUT2D eigenvalue weighted by molar-refractivity contribution is 5.77. The van der Waals surface area contributed by atoms with Crippen LogP contribution in [-0.4, -0.2) is 48.6 Å². The van der Waals surface area contributed by atoms with E-state index in [0.717, 1.165) is 25.7 Å². The highest BCUT2D eigenvalue weighted by Crippen LogP contribution is 2.08. The predicted octanol–water partition coefficient (Wildman–Crippen LogP) is 2.31. The van der Waals surface area contributed by atoms with Crippen LogP contribution in [0.15, 0.2) is 30.3 Å². The Bertz CT molecular complexity index is 474. The van der Waals surface area contributed by atoms with Gasteiger partial charge in [0, 0.05) is 13.0 Å². The fraction of sp³-hybridized carbons (Fsp3) is 0.556. The number of unbranched alkanes of at least 4 members (excludes halogenated alkanes) is 2. The van der Waals surface area contributed by atoms with Gasteiger partial charge >= 0.3 is 5.97 Å². The number of hydrogen-bond donors (Lipinski definition) is 2. The summed E-state index contributed by atoms with van der Waals surface area (Å²) >= 11 is 0. The van der Waals surface area contributed by atoms with Gasteiger partial charge in [-0.05, 0) is 38.9 Å². The van der Waals surface area contributed by atoms with Gasteiger partial charge in [0.25, 0.3) is 0 Å². The molecule has 0 radical (unpaired) electrons. The maximum Gasteiger partial charge on any atom is 0.305 e. The molecule has 5 nitrogen and oxygen atoms in total. The molecule has 0 aliphatic heterocycles. The lowest BCUT2D eigenvalue weighted by molar-refractivity contribution is -0.137. The third-order valence-electron chi connectivity index (χ3n) is 3.58. The molecule has 128 valence electrons. The summed E-state index contributed by atoms with van der Waals surface area (Å²) in [6.07, 6.45) is 4.34. The molecule has 0 saturated carbocycles. The molecule has 1 unspecified atom stereocenters. The molecular formula is C18H28N2O3. The van der Waals surface area contributed by atoms with Crippen molar-refractivity contribution >= 4 is 11.9 Å². The second-order valence-corrected chi connectivity index (χ2v) is 6.17. The van der Waals surface area contributed by atoms with E-state index in [4.69, 9.17) is 5.11 Å². The normalized spacial score (nSPS) is 12.1. The van der Waals surface area contributed by atoms with Crippen molar-refractivity contribution in [1.82, 2.24) is 10.2 Å². The van der Waals surface area contributed by atoms with Crippen molar-refractivity contribution in [3.63, 3.8) is 0 Å². The van der Waals surface area contributed by atoms with Crippen LogP contribution in [0.3, 0.4) is 0 Å². The van der Waals surface area contributed by atoms with E-state index >= 15 is 0 Å². The molecule has 0 fully saturated rings. The molecule has 1 aromatic rings. The molecule has 2 N–H and O–H groups in total. The summed E-state index contributed by atoms with van der Waals surface area (Å²) in [4.78, 5) is 24.6. The number of carbonyl (C=O) groups is 2. The Hall–Kier alpha value is -1.88. The fourth-order valence-corrected chi connectivity index (χ4v) is 2.55. The van der Waals surface area contributed by atoms with Gasteiger partial charge in [-0.2, -0.15) is 0 Å². The number of aliphatic carboxylic acids is 1. The van der Waals surface area contributed by atoms with Crippen LogP contribution in [0, 0.1) is 0 Å². The van der Waals surface area contributed by atoms with E-state index in [9.17, 15) is 9.59 Å². The van der Waals surface area contributed by atoms with Gasteiger partial charge in [-0.3, -0.25) is 9.59 Å². The van der Waals surface area contributed by atoms with E-state index in [1.165, 1.54) is 5.56 Å². The van der Waals surface area contributed by atoms with Gasteiger partial charge in [0.2, 0.25) is 5.91 Å². The van der Waals surface area contributed by atoms with Gasteiger partial charge in [0.05, 0.1) is 12.5 Å². The molecule has 0 aromatic heterocycles. The molecule has 0 aliphatic rings. The van der Waals surface area contributed by atoms with Crippen LogP contribution in [0.2, 0.25) is 0 Å². The number of carboxylic acid groups (broad SMARTS) is 1. The van der Waals surface area contributed by atoms with Crippen molar-refractivity contribution in [2.24, 2.45) is 0 Å². The second-order valence-electron chi connectivity index (χ2n) is 6.17. The lowest BCUT2D eigenvalue weighted by Gasteiger charge is -2.20. The molecule has 0 saturated heterocycles. The van der Waals surface area contributed by atoms with Crippen molar-refractivity contribution in [3.8, 4) is 0 Å². The Labute approximate surface area is 138 Å². The fourth-order valence-electron chi connectivity index (χ4n) is 2.55.